The number of aryl methyl sites for hydroxylation is 1. The highest BCUT2D eigenvalue weighted by Gasteiger charge is 2.12. The number of benzene rings is 1. The monoisotopic (exact) mass is 265 g/mol. The fourth-order valence-corrected chi connectivity index (χ4v) is 1.63. The van der Waals surface area contributed by atoms with Gasteiger partial charge in [-0.25, -0.2) is 0 Å². The molecule has 0 radical (unpaired) electrons. The van der Waals surface area contributed by atoms with Gasteiger partial charge in [-0.05, 0) is 31.5 Å². The van der Waals surface area contributed by atoms with E-state index in [1.165, 1.54) is 5.56 Å². The molecule has 0 amide bonds. The van der Waals surface area contributed by atoms with Crippen LogP contribution in [0.1, 0.15) is 19.4 Å². The standard InChI is InChI=1S/C15H23NO3/c1-4-18-15(17)13(3)11-16-8-9-19-14-7-5-6-12(2)10-14/h5-7,10,13,16H,4,8-9,11H2,1-3H3. The third-order valence-electron chi connectivity index (χ3n) is 2.68. The van der Waals surface area contributed by atoms with Crippen molar-refractivity contribution in [1.82, 2.24) is 5.32 Å². The van der Waals surface area contributed by atoms with Crippen molar-refractivity contribution >= 4 is 5.97 Å². The predicted octanol–water partition coefficient (Wildman–Crippen LogP) is 2.16. The molecule has 1 N–H and O–H groups in total. The molecule has 4 heteroatoms. The topological polar surface area (TPSA) is 47.6 Å². The Bertz CT molecular complexity index is 393. The fraction of sp³-hybridized carbons (Fsp3) is 0.533. The first-order valence-corrected chi connectivity index (χ1v) is 6.70. The van der Waals surface area contributed by atoms with Crippen LogP contribution in [0.2, 0.25) is 0 Å². The number of carbonyl (C=O) groups is 1. The van der Waals surface area contributed by atoms with Crippen LogP contribution < -0.4 is 10.1 Å². The quantitative estimate of drug-likeness (QED) is 0.578. The molecule has 106 valence electrons. The van der Waals surface area contributed by atoms with Crippen LogP contribution in [0.5, 0.6) is 5.75 Å². The molecule has 1 unspecified atom stereocenters. The molecular weight excluding hydrogens is 242 g/mol. The van der Waals surface area contributed by atoms with Crippen LogP contribution in [-0.4, -0.2) is 32.3 Å². The molecule has 1 rings (SSSR count). The molecular formula is C15H23NO3. The fourth-order valence-electron chi connectivity index (χ4n) is 1.63. The Morgan fingerprint density at radius 3 is 2.89 bits per heavy atom. The maximum absolute atomic E-state index is 11.4. The van der Waals surface area contributed by atoms with Gasteiger partial charge >= 0.3 is 5.97 Å². The van der Waals surface area contributed by atoms with Gasteiger partial charge in [0.2, 0.25) is 0 Å². The first-order valence-electron chi connectivity index (χ1n) is 6.70. The molecule has 0 saturated heterocycles. The van der Waals surface area contributed by atoms with Crippen LogP contribution >= 0.6 is 0 Å². The maximum atomic E-state index is 11.4. The summed E-state index contributed by atoms with van der Waals surface area (Å²) in [6, 6.07) is 7.95. The highest BCUT2D eigenvalue weighted by atomic mass is 16.5. The van der Waals surface area contributed by atoms with Crippen molar-refractivity contribution in [2.24, 2.45) is 5.92 Å². The maximum Gasteiger partial charge on any atom is 0.309 e. The van der Waals surface area contributed by atoms with E-state index in [0.29, 0.717) is 26.3 Å². The molecule has 19 heavy (non-hydrogen) atoms. The van der Waals surface area contributed by atoms with Crippen LogP contribution in [0.25, 0.3) is 0 Å². The van der Waals surface area contributed by atoms with E-state index in [4.69, 9.17) is 9.47 Å². The molecule has 1 aromatic rings. The first-order chi connectivity index (χ1) is 9.13. The number of hydrogen-bond acceptors (Lipinski definition) is 4. The zero-order chi connectivity index (χ0) is 14.1. The van der Waals surface area contributed by atoms with Gasteiger partial charge in [-0.15, -0.1) is 0 Å². The molecule has 0 aromatic heterocycles. The number of esters is 1. The van der Waals surface area contributed by atoms with Crippen molar-refractivity contribution in [3.05, 3.63) is 29.8 Å². The van der Waals surface area contributed by atoms with E-state index in [-0.39, 0.29) is 11.9 Å². The third-order valence-corrected chi connectivity index (χ3v) is 2.68. The number of ether oxygens (including phenoxy) is 2. The second kappa shape index (κ2) is 8.53. The van der Waals surface area contributed by atoms with Crippen molar-refractivity contribution in [2.75, 3.05) is 26.3 Å². The molecule has 0 heterocycles. The van der Waals surface area contributed by atoms with Crippen LogP contribution in [-0.2, 0) is 9.53 Å². The Kier molecular flexibility index (Phi) is 6.97. The van der Waals surface area contributed by atoms with Crippen LogP contribution in [0.3, 0.4) is 0 Å². The zero-order valence-electron chi connectivity index (χ0n) is 11.9. The van der Waals surface area contributed by atoms with Crippen LogP contribution in [0, 0.1) is 12.8 Å². The van der Waals surface area contributed by atoms with E-state index in [0.717, 1.165) is 5.75 Å². The van der Waals surface area contributed by atoms with E-state index < -0.39 is 0 Å². The largest absolute Gasteiger partial charge is 0.492 e. The second-order valence-electron chi connectivity index (χ2n) is 4.52. The van der Waals surface area contributed by atoms with Gasteiger partial charge in [-0.1, -0.05) is 19.1 Å². The number of hydrogen-bond donors (Lipinski definition) is 1. The Morgan fingerprint density at radius 1 is 1.42 bits per heavy atom. The highest BCUT2D eigenvalue weighted by molar-refractivity contribution is 5.72. The normalized spacial score (nSPS) is 11.9. The summed E-state index contributed by atoms with van der Waals surface area (Å²) < 4.78 is 10.5. The summed E-state index contributed by atoms with van der Waals surface area (Å²) in [6.45, 7) is 8.03. The molecule has 1 aromatic carbocycles. The summed E-state index contributed by atoms with van der Waals surface area (Å²) in [7, 11) is 0. The van der Waals surface area contributed by atoms with Crippen molar-refractivity contribution in [2.45, 2.75) is 20.8 Å². The van der Waals surface area contributed by atoms with Gasteiger partial charge in [0, 0.05) is 13.1 Å². The average Bonchev–Trinajstić information content (AvgIpc) is 2.38. The Balaban J connectivity index is 2.13. The minimum Gasteiger partial charge on any atom is -0.492 e. The van der Waals surface area contributed by atoms with Gasteiger partial charge < -0.3 is 14.8 Å². The molecule has 0 aliphatic rings. The summed E-state index contributed by atoms with van der Waals surface area (Å²) in [5.74, 6) is 0.591. The molecule has 1 atom stereocenters. The van der Waals surface area contributed by atoms with Gasteiger partial charge in [-0.2, -0.15) is 0 Å². The minimum absolute atomic E-state index is 0.126. The number of carbonyl (C=O) groups excluding carboxylic acids is 1. The smallest absolute Gasteiger partial charge is 0.309 e. The van der Waals surface area contributed by atoms with Gasteiger partial charge in [0.1, 0.15) is 12.4 Å². The Hall–Kier alpha value is -1.55. The molecule has 0 fully saturated rings. The van der Waals surface area contributed by atoms with E-state index in [1.54, 1.807) is 0 Å². The van der Waals surface area contributed by atoms with E-state index in [9.17, 15) is 4.79 Å². The lowest BCUT2D eigenvalue weighted by molar-refractivity contribution is -0.147. The lowest BCUT2D eigenvalue weighted by Gasteiger charge is -2.12. The summed E-state index contributed by atoms with van der Waals surface area (Å²) in [5, 5.41) is 3.18. The predicted molar refractivity (Wildman–Crippen MR) is 75.3 cm³/mol. The van der Waals surface area contributed by atoms with Gasteiger partial charge in [-0.3, -0.25) is 4.79 Å². The Morgan fingerprint density at radius 2 is 2.21 bits per heavy atom. The third kappa shape index (κ3) is 6.25. The highest BCUT2D eigenvalue weighted by Crippen LogP contribution is 2.11. The average molecular weight is 265 g/mol. The first kappa shape index (κ1) is 15.5. The van der Waals surface area contributed by atoms with Gasteiger partial charge in [0.15, 0.2) is 0 Å². The Labute approximate surface area is 115 Å². The van der Waals surface area contributed by atoms with Crippen molar-refractivity contribution < 1.29 is 14.3 Å². The van der Waals surface area contributed by atoms with E-state index >= 15 is 0 Å². The zero-order valence-corrected chi connectivity index (χ0v) is 11.9. The lowest BCUT2D eigenvalue weighted by Crippen LogP contribution is -2.30. The molecule has 0 aliphatic carbocycles. The summed E-state index contributed by atoms with van der Waals surface area (Å²) in [6.07, 6.45) is 0. The molecule has 0 bridgehead atoms. The minimum atomic E-state index is -0.158. The molecule has 4 nitrogen and oxygen atoms in total. The van der Waals surface area contributed by atoms with Crippen molar-refractivity contribution in [3.8, 4) is 5.75 Å². The van der Waals surface area contributed by atoms with Crippen LogP contribution in [0.4, 0.5) is 0 Å². The summed E-state index contributed by atoms with van der Waals surface area (Å²) in [4.78, 5) is 11.4. The molecule has 0 saturated carbocycles. The van der Waals surface area contributed by atoms with E-state index in [1.807, 2.05) is 45.0 Å². The van der Waals surface area contributed by atoms with Crippen LogP contribution in [0.15, 0.2) is 24.3 Å². The van der Waals surface area contributed by atoms with Crippen molar-refractivity contribution in [1.29, 1.82) is 0 Å². The second-order valence-corrected chi connectivity index (χ2v) is 4.52. The van der Waals surface area contributed by atoms with Gasteiger partial charge in [0.05, 0.1) is 12.5 Å². The number of rotatable bonds is 8. The summed E-state index contributed by atoms with van der Waals surface area (Å²) >= 11 is 0. The lowest BCUT2D eigenvalue weighted by atomic mass is 10.2. The SMILES string of the molecule is CCOC(=O)C(C)CNCCOc1cccc(C)c1. The van der Waals surface area contributed by atoms with Gasteiger partial charge in [0.25, 0.3) is 0 Å². The van der Waals surface area contributed by atoms with Crippen molar-refractivity contribution in [3.63, 3.8) is 0 Å². The van der Waals surface area contributed by atoms with E-state index in [2.05, 4.69) is 5.32 Å². The summed E-state index contributed by atoms with van der Waals surface area (Å²) in [5.41, 5.74) is 1.18. The molecule has 0 spiro atoms. The number of nitrogens with one attached hydrogen (secondary N) is 1. The molecule has 0 aliphatic heterocycles.